The molecule has 22 heavy (non-hydrogen) atoms. The first-order valence-electron chi connectivity index (χ1n) is 7.29. The third kappa shape index (κ3) is 3.69. The number of anilines is 1. The topological polar surface area (TPSA) is 6.48 Å². The Balaban J connectivity index is 1.61. The van der Waals surface area contributed by atoms with Crippen molar-refractivity contribution in [3.63, 3.8) is 0 Å². The van der Waals surface area contributed by atoms with Gasteiger partial charge in [-0.25, -0.2) is 0 Å². The Bertz CT molecular complexity index is 615. The average molecular weight is 356 g/mol. The van der Waals surface area contributed by atoms with E-state index in [2.05, 4.69) is 21.9 Å². The number of halogens is 3. The predicted molar refractivity (Wildman–Crippen MR) is 95.4 cm³/mol. The molecule has 1 aliphatic heterocycles. The Kier molecular flexibility index (Phi) is 5.14. The van der Waals surface area contributed by atoms with Gasteiger partial charge in [-0.15, -0.1) is 0 Å². The second-order valence-corrected chi connectivity index (χ2v) is 6.69. The molecule has 0 unspecified atom stereocenters. The molecule has 0 spiro atoms. The molecular weight excluding hydrogens is 339 g/mol. The molecular formula is C17H17Cl3N2. The van der Waals surface area contributed by atoms with Gasteiger partial charge < -0.3 is 4.90 Å². The van der Waals surface area contributed by atoms with Gasteiger partial charge in [0.15, 0.2) is 0 Å². The summed E-state index contributed by atoms with van der Waals surface area (Å²) in [5.74, 6) is 0. The van der Waals surface area contributed by atoms with Crippen molar-refractivity contribution in [3.8, 4) is 0 Å². The molecule has 1 heterocycles. The second-order valence-electron chi connectivity index (χ2n) is 5.44. The molecule has 0 bridgehead atoms. The first-order chi connectivity index (χ1) is 10.6. The standard InChI is InChI=1S/C17H17Cl3N2/c18-13-4-6-14(7-5-13)22-10-8-21(9-11-22)12-15-16(19)2-1-3-17(15)20/h1-7H,8-12H2. The van der Waals surface area contributed by atoms with E-state index in [1.54, 1.807) is 0 Å². The molecule has 2 nitrogen and oxygen atoms in total. The van der Waals surface area contributed by atoms with Crippen LogP contribution in [-0.2, 0) is 6.54 Å². The van der Waals surface area contributed by atoms with Gasteiger partial charge in [0.25, 0.3) is 0 Å². The van der Waals surface area contributed by atoms with Crippen LogP contribution >= 0.6 is 34.8 Å². The molecule has 0 atom stereocenters. The van der Waals surface area contributed by atoms with Gasteiger partial charge in [-0.2, -0.15) is 0 Å². The molecule has 0 saturated carbocycles. The Morgan fingerprint density at radius 1 is 0.773 bits per heavy atom. The maximum atomic E-state index is 6.25. The van der Waals surface area contributed by atoms with Crippen molar-refractivity contribution >= 4 is 40.5 Å². The van der Waals surface area contributed by atoms with Gasteiger partial charge >= 0.3 is 0 Å². The van der Waals surface area contributed by atoms with E-state index in [1.807, 2.05) is 30.3 Å². The Morgan fingerprint density at radius 3 is 1.95 bits per heavy atom. The summed E-state index contributed by atoms with van der Waals surface area (Å²) in [5.41, 5.74) is 2.24. The highest BCUT2D eigenvalue weighted by atomic mass is 35.5. The van der Waals surface area contributed by atoms with E-state index in [0.717, 1.165) is 53.4 Å². The van der Waals surface area contributed by atoms with Crippen LogP contribution in [0.15, 0.2) is 42.5 Å². The maximum absolute atomic E-state index is 6.25. The van der Waals surface area contributed by atoms with Gasteiger partial charge in [-0.1, -0.05) is 40.9 Å². The van der Waals surface area contributed by atoms with Gasteiger partial charge in [0, 0.05) is 59.0 Å². The third-order valence-corrected chi connectivity index (χ3v) is 4.97. The number of hydrogen-bond acceptors (Lipinski definition) is 2. The number of piperazine rings is 1. The first kappa shape index (κ1) is 15.9. The van der Waals surface area contributed by atoms with Crippen LogP contribution in [0, 0.1) is 0 Å². The van der Waals surface area contributed by atoms with Crippen molar-refractivity contribution in [2.24, 2.45) is 0 Å². The lowest BCUT2D eigenvalue weighted by Crippen LogP contribution is -2.46. The van der Waals surface area contributed by atoms with Crippen molar-refractivity contribution in [2.45, 2.75) is 6.54 Å². The van der Waals surface area contributed by atoms with Crippen LogP contribution in [0.1, 0.15) is 5.56 Å². The SMILES string of the molecule is Clc1ccc(N2CCN(Cc3c(Cl)cccc3Cl)CC2)cc1. The zero-order chi connectivity index (χ0) is 15.5. The summed E-state index contributed by atoms with van der Waals surface area (Å²) in [6.07, 6.45) is 0. The minimum atomic E-state index is 0.743. The highest BCUT2D eigenvalue weighted by Crippen LogP contribution is 2.26. The minimum Gasteiger partial charge on any atom is -0.369 e. The quantitative estimate of drug-likeness (QED) is 0.767. The van der Waals surface area contributed by atoms with Crippen molar-refractivity contribution in [1.29, 1.82) is 0 Å². The summed E-state index contributed by atoms with van der Waals surface area (Å²) in [5, 5.41) is 2.26. The molecule has 5 heteroatoms. The van der Waals surface area contributed by atoms with Crippen LogP contribution in [0.25, 0.3) is 0 Å². The molecule has 1 saturated heterocycles. The van der Waals surface area contributed by atoms with Crippen LogP contribution in [-0.4, -0.2) is 31.1 Å². The molecule has 2 aromatic rings. The van der Waals surface area contributed by atoms with E-state index in [1.165, 1.54) is 5.69 Å². The lowest BCUT2D eigenvalue weighted by atomic mass is 10.2. The van der Waals surface area contributed by atoms with Crippen molar-refractivity contribution in [3.05, 3.63) is 63.1 Å². The Morgan fingerprint density at radius 2 is 1.36 bits per heavy atom. The van der Waals surface area contributed by atoms with E-state index in [0.29, 0.717) is 0 Å². The Hall–Kier alpha value is -0.930. The smallest absolute Gasteiger partial charge is 0.0465 e. The molecule has 1 fully saturated rings. The fraction of sp³-hybridized carbons (Fsp3) is 0.294. The number of nitrogens with zero attached hydrogens (tertiary/aromatic N) is 2. The monoisotopic (exact) mass is 354 g/mol. The first-order valence-corrected chi connectivity index (χ1v) is 8.42. The number of hydrogen-bond donors (Lipinski definition) is 0. The number of benzene rings is 2. The molecule has 3 rings (SSSR count). The summed E-state index contributed by atoms with van der Waals surface area (Å²) in [6.45, 7) is 4.76. The van der Waals surface area contributed by atoms with E-state index in [4.69, 9.17) is 34.8 Å². The molecule has 0 amide bonds. The summed E-state index contributed by atoms with van der Waals surface area (Å²) >= 11 is 18.5. The van der Waals surface area contributed by atoms with Crippen molar-refractivity contribution in [1.82, 2.24) is 4.90 Å². The van der Waals surface area contributed by atoms with Crippen molar-refractivity contribution in [2.75, 3.05) is 31.1 Å². The van der Waals surface area contributed by atoms with Gasteiger partial charge in [0.1, 0.15) is 0 Å². The zero-order valence-electron chi connectivity index (χ0n) is 12.1. The van der Waals surface area contributed by atoms with Crippen LogP contribution in [0.2, 0.25) is 15.1 Å². The summed E-state index contributed by atoms with van der Waals surface area (Å²) in [6, 6.07) is 13.7. The molecule has 0 aliphatic carbocycles. The zero-order valence-corrected chi connectivity index (χ0v) is 14.4. The normalized spacial score (nSPS) is 16.0. The third-order valence-electron chi connectivity index (χ3n) is 4.01. The number of rotatable bonds is 3. The largest absolute Gasteiger partial charge is 0.369 e. The maximum Gasteiger partial charge on any atom is 0.0465 e. The van der Waals surface area contributed by atoms with Gasteiger partial charge in [0.2, 0.25) is 0 Å². The van der Waals surface area contributed by atoms with Crippen LogP contribution in [0.3, 0.4) is 0 Å². The van der Waals surface area contributed by atoms with Gasteiger partial charge in [-0.05, 0) is 36.4 Å². The van der Waals surface area contributed by atoms with E-state index >= 15 is 0 Å². The molecule has 0 radical (unpaired) electrons. The summed E-state index contributed by atoms with van der Waals surface area (Å²) in [4.78, 5) is 4.76. The van der Waals surface area contributed by atoms with Crippen LogP contribution in [0.4, 0.5) is 5.69 Å². The average Bonchev–Trinajstić information content (AvgIpc) is 2.53. The molecule has 2 aromatic carbocycles. The Labute approximate surface area is 146 Å². The second kappa shape index (κ2) is 7.10. The van der Waals surface area contributed by atoms with Gasteiger partial charge in [0.05, 0.1) is 0 Å². The summed E-state index contributed by atoms with van der Waals surface area (Å²) < 4.78 is 0. The van der Waals surface area contributed by atoms with Gasteiger partial charge in [-0.3, -0.25) is 4.90 Å². The van der Waals surface area contributed by atoms with Crippen LogP contribution in [0.5, 0.6) is 0 Å². The highest BCUT2D eigenvalue weighted by molar-refractivity contribution is 6.36. The van der Waals surface area contributed by atoms with E-state index < -0.39 is 0 Å². The van der Waals surface area contributed by atoms with Crippen LogP contribution < -0.4 is 4.90 Å². The molecule has 0 N–H and O–H groups in total. The minimum absolute atomic E-state index is 0.743. The van der Waals surface area contributed by atoms with E-state index in [-0.39, 0.29) is 0 Å². The summed E-state index contributed by atoms with van der Waals surface area (Å²) in [7, 11) is 0. The lowest BCUT2D eigenvalue weighted by Gasteiger charge is -2.36. The molecule has 0 aromatic heterocycles. The lowest BCUT2D eigenvalue weighted by molar-refractivity contribution is 0.250. The van der Waals surface area contributed by atoms with E-state index in [9.17, 15) is 0 Å². The molecule has 116 valence electrons. The van der Waals surface area contributed by atoms with Crippen molar-refractivity contribution < 1.29 is 0 Å². The fourth-order valence-corrected chi connectivity index (χ4v) is 3.37. The fourth-order valence-electron chi connectivity index (χ4n) is 2.72. The predicted octanol–water partition coefficient (Wildman–Crippen LogP) is 4.97. The molecule has 1 aliphatic rings. The highest BCUT2D eigenvalue weighted by Gasteiger charge is 2.19.